The molecule has 1 aromatic carbocycles. The molecule has 1 aromatic heterocycles. The summed E-state index contributed by atoms with van der Waals surface area (Å²) in [4.78, 5) is 12.3. The first kappa shape index (κ1) is 17.1. The zero-order valence-corrected chi connectivity index (χ0v) is 13.4. The Bertz CT molecular complexity index is 652. The minimum atomic E-state index is -0.400. The summed E-state index contributed by atoms with van der Waals surface area (Å²) in [6.07, 6.45) is 2.93. The Kier molecular flexibility index (Phi) is 5.87. The first-order valence-corrected chi connectivity index (χ1v) is 7.85. The van der Waals surface area contributed by atoms with Crippen LogP contribution in [0.25, 0.3) is 5.69 Å². The van der Waals surface area contributed by atoms with Gasteiger partial charge >= 0.3 is 0 Å². The smallest absolute Gasteiger partial charge is 0.254 e. The molecular weight excluding hydrogens is 297 g/mol. The number of nitrogens with zero attached hydrogens (tertiary/aromatic N) is 2. The lowest BCUT2D eigenvalue weighted by molar-refractivity contribution is 0.0941. The van der Waals surface area contributed by atoms with Crippen LogP contribution in [0, 0.1) is 5.82 Å². The van der Waals surface area contributed by atoms with Gasteiger partial charge in [0.2, 0.25) is 0 Å². The maximum Gasteiger partial charge on any atom is 0.254 e. The average Bonchev–Trinajstić information content (AvgIpc) is 2.99. The van der Waals surface area contributed by atoms with Crippen molar-refractivity contribution in [2.75, 3.05) is 6.54 Å². The van der Waals surface area contributed by atoms with E-state index in [4.69, 9.17) is 0 Å². The summed E-state index contributed by atoms with van der Waals surface area (Å²) in [6.45, 7) is 4.25. The van der Waals surface area contributed by atoms with Crippen molar-refractivity contribution in [3.63, 3.8) is 0 Å². The summed E-state index contributed by atoms with van der Waals surface area (Å²) in [7, 11) is 0. The molecule has 0 radical (unpaired) electrons. The molecular formula is C17H22FN3O2. The lowest BCUT2D eigenvalue weighted by atomic mass is 10.1. The molecule has 0 spiro atoms. The Morgan fingerprint density at radius 2 is 2.04 bits per heavy atom. The number of rotatable bonds is 7. The second-order valence-electron chi connectivity index (χ2n) is 5.35. The summed E-state index contributed by atoms with van der Waals surface area (Å²) < 4.78 is 14.7. The molecule has 2 N–H and O–H groups in total. The van der Waals surface area contributed by atoms with Crippen molar-refractivity contribution in [1.82, 2.24) is 15.1 Å². The molecule has 2 rings (SSSR count). The molecule has 2 aromatic rings. The van der Waals surface area contributed by atoms with Crippen LogP contribution in [0.5, 0.6) is 0 Å². The van der Waals surface area contributed by atoms with E-state index < -0.39 is 6.10 Å². The summed E-state index contributed by atoms with van der Waals surface area (Å²) in [5, 5.41) is 16.6. The molecule has 0 bridgehead atoms. The number of hydrogen-bond acceptors (Lipinski definition) is 3. The predicted molar refractivity (Wildman–Crippen MR) is 86.1 cm³/mol. The topological polar surface area (TPSA) is 67.2 Å². The fourth-order valence-electron chi connectivity index (χ4n) is 2.36. The minimum Gasteiger partial charge on any atom is -0.393 e. The van der Waals surface area contributed by atoms with Gasteiger partial charge < -0.3 is 10.4 Å². The highest BCUT2D eigenvalue weighted by molar-refractivity contribution is 5.95. The molecule has 0 aliphatic heterocycles. The van der Waals surface area contributed by atoms with E-state index in [0.29, 0.717) is 37.1 Å². The van der Waals surface area contributed by atoms with Crippen LogP contribution in [0.2, 0.25) is 0 Å². The van der Waals surface area contributed by atoms with Gasteiger partial charge in [-0.05, 0) is 43.5 Å². The van der Waals surface area contributed by atoms with Gasteiger partial charge in [-0.2, -0.15) is 5.10 Å². The normalized spacial score (nSPS) is 12.2. The molecule has 1 atom stereocenters. The fraction of sp³-hybridized carbons (Fsp3) is 0.412. The number of nitrogens with one attached hydrogen (secondary N) is 1. The first-order valence-electron chi connectivity index (χ1n) is 7.85. The molecule has 23 heavy (non-hydrogen) atoms. The van der Waals surface area contributed by atoms with Gasteiger partial charge in [0, 0.05) is 6.54 Å². The number of aliphatic hydroxyl groups excluding tert-OH is 1. The van der Waals surface area contributed by atoms with E-state index in [1.807, 2.05) is 13.8 Å². The maximum atomic E-state index is 13.0. The number of hydrogen-bond donors (Lipinski definition) is 2. The number of aliphatic hydroxyl groups is 1. The Morgan fingerprint density at radius 3 is 2.65 bits per heavy atom. The van der Waals surface area contributed by atoms with Crippen molar-refractivity contribution >= 4 is 5.91 Å². The standard InChI is InChI=1S/C17H22FN3O2/c1-3-14(22)9-10-19-17(23)15-11-20-21(16(15)4-2)13-7-5-12(18)6-8-13/h5-8,11,14,22H,3-4,9-10H2,1-2H3,(H,19,23). The molecule has 0 aliphatic rings. The molecule has 0 saturated heterocycles. The molecule has 124 valence electrons. The van der Waals surface area contributed by atoms with Crippen molar-refractivity contribution in [2.45, 2.75) is 39.2 Å². The van der Waals surface area contributed by atoms with Gasteiger partial charge in [-0.3, -0.25) is 4.79 Å². The molecule has 1 amide bonds. The van der Waals surface area contributed by atoms with Gasteiger partial charge in [-0.15, -0.1) is 0 Å². The maximum absolute atomic E-state index is 13.0. The van der Waals surface area contributed by atoms with E-state index in [0.717, 1.165) is 5.69 Å². The zero-order chi connectivity index (χ0) is 16.8. The number of aromatic nitrogens is 2. The summed E-state index contributed by atoms with van der Waals surface area (Å²) in [6, 6.07) is 5.98. The Hall–Kier alpha value is -2.21. The van der Waals surface area contributed by atoms with Crippen LogP contribution in [-0.4, -0.2) is 33.4 Å². The van der Waals surface area contributed by atoms with Gasteiger partial charge in [-0.1, -0.05) is 13.8 Å². The number of amides is 1. The van der Waals surface area contributed by atoms with Gasteiger partial charge in [0.05, 0.1) is 29.2 Å². The van der Waals surface area contributed by atoms with Crippen LogP contribution >= 0.6 is 0 Å². The number of carbonyl (C=O) groups is 1. The second-order valence-corrected chi connectivity index (χ2v) is 5.35. The third-order valence-electron chi connectivity index (χ3n) is 3.75. The van der Waals surface area contributed by atoms with E-state index in [2.05, 4.69) is 10.4 Å². The Balaban J connectivity index is 2.14. The van der Waals surface area contributed by atoms with Gasteiger partial charge in [0.1, 0.15) is 5.82 Å². The van der Waals surface area contributed by atoms with Crippen molar-refractivity contribution in [2.24, 2.45) is 0 Å². The quantitative estimate of drug-likeness (QED) is 0.824. The van der Waals surface area contributed by atoms with Gasteiger partial charge in [0.15, 0.2) is 0 Å². The van der Waals surface area contributed by atoms with Crippen molar-refractivity contribution in [3.05, 3.63) is 47.5 Å². The Labute approximate surface area is 135 Å². The van der Waals surface area contributed by atoms with Crippen LogP contribution < -0.4 is 5.32 Å². The van der Waals surface area contributed by atoms with Crippen molar-refractivity contribution < 1.29 is 14.3 Å². The molecule has 1 unspecified atom stereocenters. The SMILES string of the molecule is CCc1c(C(=O)NCCC(O)CC)cnn1-c1ccc(F)cc1. The lowest BCUT2D eigenvalue weighted by Gasteiger charge is -2.10. The monoisotopic (exact) mass is 319 g/mol. The highest BCUT2D eigenvalue weighted by atomic mass is 19.1. The molecule has 0 saturated carbocycles. The van der Waals surface area contributed by atoms with Crippen molar-refractivity contribution in [1.29, 1.82) is 0 Å². The zero-order valence-electron chi connectivity index (χ0n) is 13.4. The average molecular weight is 319 g/mol. The minimum absolute atomic E-state index is 0.210. The number of halogens is 1. The Morgan fingerprint density at radius 1 is 1.35 bits per heavy atom. The molecule has 0 aliphatic carbocycles. The molecule has 1 heterocycles. The van der Waals surface area contributed by atoms with Crippen LogP contribution in [0.3, 0.4) is 0 Å². The highest BCUT2D eigenvalue weighted by Gasteiger charge is 2.17. The number of carbonyl (C=O) groups excluding carboxylic acids is 1. The lowest BCUT2D eigenvalue weighted by Crippen LogP contribution is -2.27. The predicted octanol–water partition coefficient (Wildman–Crippen LogP) is 2.46. The third kappa shape index (κ3) is 4.16. The first-order chi connectivity index (χ1) is 11.1. The largest absolute Gasteiger partial charge is 0.393 e. The third-order valence-corrected chi connectivity index (χ3v) is 3.75. The van der Waals surface area contributed by atoms with E-state index in [9.17, 15) is 14.3 Å². The fourth-order valence-corrected chi connectivity index (χ4v) is 2.36. The van der Waals surface area contributed by atoms with E-state index in [-0.39, 0.29) is 11.7 Å². The number of benzene rings is 1. The summed E-state index contributed by atoms with van der Waals surface area (Å²) >= 11 is 0. The van der Waals surface area contributed by atoms with Crippen LogP contribution in [0.4, 0.5) is 4.39 Å². The second kappa shape index (κ2) is 7.87. The molecule has 0 fully saturated rings. The van der Waals surface area contributed by atoms with Crippen LogP contribution in [0.1, 0.15) is 42.7 Å². The summed E-state index contributed by atoms with van der Waals surface area (Å²) in [5.41, 5.74) is 1.98. The highest BCUT2D eigenvalue weighted by Crippen LogP contribution is 2.16. The van der Waals surface area contributed by atoms with Gasteiger partial charge in [-0.25, -0.2) is 9.07 Å². The van der Waals surface area contributed by atoms with E-state index in [1.54, 1.807) is 16.8 Å². The summed E-state index contributed by atoms with van der Waals surface area (Å²) in [5.74, 6) is -0.523. The van der Waals surface area contributed by atoms with E-state index >= 15 is 0 Å². The van der Waals surface area contributed by atoms with Crippen LogP contribution in [0.15, 0.2) is 30.5 Å². The van der Waals surface area contributed by atoms with Crippen LogP contribution in [-0.2, 0) is 6.42 Å². The van der Waals surface area contributed by atoms with E-state index in [1.165, 1.54) is 18.3 Å². The molecule has 5 nitrogen and oxygen atoms in total. The van der Waals surface area contributed by atoms with Gasteiger partial charge in [0.25, 0.3) is 5.91 Å². The van der Waals surface area contributed by atoms with Crippen molar-refractivity contribution in [3.8, 4) is 5.69 Å². The molecule has 6 heteroatoms.